The second-order valence-electron chi connectivity index (χ2n) is 12.9. The number of aliphatic hydroxyl groups excluding tert-OH is 2. The number of rotatable bonds is 7. The van der Waals surface area contributed by atoms with Crippen LogP contribution < -0.4 is 21.3 Å². The molecule has 3 aliphatic carbocycles. The number of nitrogens with two attached hydrogens (primary N) is 1. The first-order valence-electron chi connectivity index (χ1n) is 15.2. The van der Waals surface area contributed by atoms with Gasteiger partial charge in [-0.3, -0.25) is 19.2 Å². The number of carbonyl (C=O) groups is 5. The van der Waals surface area contributed by atoms with Gasteiger partial charge >= 0.3 is 6.03 Å². The zero-order valence-corrected chi connectivity index (χ0v) is 26.7. The molecule has 0 saturated heterocycles. The number of phenols is 1. The average Bonchev–Trinajstić information content (AvgIpc) is 2.98. The van der Waals surface area contributed by atoms with Gasteiger partial charge in [0.25, 0.3) is 5.91 Å². The SMILES string of the molecule is CC(=O)c1ccc(NC(=O)NCc2cc(N(C)C)c3c(c2O)C(O)=C2C(=O)[C@]4(O)C(O)=C(C(N)=O)C(=O)[C@@H](C(C)C)[C@@H]4C[C@@H]2C3)cc1. The van der Waals surface area contributed by atoms with Crippen molar-refractivity contribution in [3.05, 3.63) is 69.5 Å². The van der Waals surface area contributed by atoms with Gasteiger partial charge in [0.1, 0.15) is 22.8 Å². The summed E-state index contributed by atoms with van der Waals surface area (Å²) in [5.74, 6) is -8.63. The van der Waals surface area contributed by atoms with Crippen LogP contribution in [0.25, 0.3) is 5.76 Å². The van der Waals surface area contributed by atoms with Crippen LogP contribution in [-0.2, 0) is 27.3 Å². The fourth-order valence-corrected chi connectivity index (χ4v) is 7.26. The van der Waals surface area contributed by atoms with Crippen molar-refractivity contribution < 1.29 is 44.4 Å². The third kappa shape index (κ3) is 5.29. The first kappa shape index (κ1) is 33.2. The summed E-state index contributed by atoms with van der Waals surface area (Å²) >= 11 is 0. The van der Waals surface area contributed by atoms with Gasteiger partial charge in [-0.1, -0.05) is 13.8 Å². The smallest absolute Gasteiger partial charge is 0.319 e. The Hall–Kier alpha value is -5.17. The Balaban J connectivity index is 1.54. The number of aromatic hydroxyl groups is 1. The van der Waals surface area contributed by atoms with Crippen LogP contribution in [0.3, 0.4) is 0 Å². The van der Waals surface area contributed by atoms with Crippen LogP contribution in [0.4, 0.5) is 16.2 Å². The lowest BCUT2D eigenvalue weighted by Crippen LogP contribution is -2.62. The highest BCUT2D eigenvalue weighted by Gasteiger charge is 2.64. The van der Waals surface area contributed by atoms with Crippen molar-refractivity contribution >= 4 is 46.4 Å². The molecule has 2 aromatic rings. The summed E-state index contributed by atoms with van der Waals surface area (Å²) in [6, 6.07) is 7.34. The Bertz CT molecular complexity index is 1790. The zero-order valence-electron chi connectivity index (χ0n) is 26.7. The molecule has 2 aromatic carbocycles. The molecule has 0 unspecified atom stereocenters. The molecule has 0 bridgehead atoms. The molecule has 0 heterocycles. The highest BCUT2D eigenvalue weighted by atomic mass is 16.3. The molecule has 5 rings (SSSR count). The average molecular weight is 647 g/mol. The highest BCUT2D eigenvalue weighted by molar-refractivity contribution is 6.23. The molecule has 0 spiro atoms. The third-order valence-electron chi connectivity index (χ3n) is 9.50. The maximum Gasteiger partial charge on any atom is 0.319 e. The molecule has 248 valence electrons. The highest BCUT2D eigenvalue weighted by Crippen LogP contribution is 2.55. The number of urea groups is 1. The molecule has 47 heavy (non-hydrogen) atoms. The van der Waals surface area contributed by atoms with Gasteiger partial charge in [-0.05, 0) is 67.5 Å². The van der Waals surface area contributed by atoms with Gasteiger partial charge < -0.3 is 41.7 Å². The van der Waals surface area contributed by atoms with Crippen LogP contribution in [0.15, 0.2) is 47.2 Å². The number of anilines is 2. The molecule has 4 atom stereocenters. The minimum Gasteiger partial charge on any atom is -0.508 e. The summed E-state index contributed by atoms with van der Waals surface area (Å²) < 4.78 is 0. The molecule has 0 radical (unpaired) electrons. The normalized spacial score (nSPS) is 23.6. The van der Waals surface area contributed by atoms with Crippen molar-refractivity contribution in [2.45, 2.75) is 45.8 Å². The molecule has 0 aromatic heterocycles. The van der Waals surface area contributed by atoms with E-state index in [-0.39, 0.29) is 41.9 Å². The zero-order chi connectivity index (χ0) is 34.7. The van der Waals surface area contributed by atoms with E-state index >= 15 is 0 Å². The van der Waals surface area contributed by atoms with E-state index in [0.29, 0.717) is 22.5 Å². The summed E-state index contributed by atoms with van der Waals surface area (Å²) in [6.07, 6.45) is 0.154. The Morgan fingerprint density at radius 1 is 1.09 bits per heavy atom. The van der Waals surface area contributed by atoms with Crippen LogP contribution >= 0.6 is 0 Å². The van der Waals surface area contributed by atoms with Gasteiger partial charge in [0.05, 0.1) is 5.56 Å². The number of phenolic OH excluding ortho intramolecular Hbond substituents is 1. The van der Waals surface area contributed by atoms with E-state index in [1.807, 2.05) is 0 Å². The number of Topliss-reactive ketones (excluding diaryl/α,β-unsaturated/α-hetero) is 3. The van der Waals surface area contributed by atoms with Crippen molar-refractivity contribution in [3.63, 3.8) is 0 Å². The Morgan fingerprint density at radius 3 is 2.28 bits per heavy atom. The fraction of sp³-hybridized carbons (Fsp3) is 0.382. The largest absolute Gasteiger partial charge is 0.508 e. The van der Waals surface area contributed by atoms with Crippen molar-refractivity contribution in [2.24, 2.45) is 29.4 Å². The Labute approximate surface area is 270 Å². The second-order valence-corrected chi connectivity index (χ2v) is 12.9. The summed E-state index contributed by atoms with van der Waals surface area (Å²) in [6.45, 7) is 4.65. The quantitative estimate of drug-likeness (QED) is 0.172. The number of nitrogens with one attached hydrogen (secondary N) is 2. The topological polar surface area (TPSA) is 220 Å². The van der Waals surface area contributed by atoms with E-state index in [1.54, 1.807) is 63.2 Å². The van der Waals surface area contributed by atoms with Gasteiger partial charge in [-0.2, -0.15) is 0 Å². The van der Waals surface area contributed by atoms with E-state index in [1.165, 1.54) is 6.92 Å². The minimum atomic E-state index is -2.70. The lowest BCUT2D eigenvalue weighted by atomic mass is 9.54. The molecular weight excluding hydrogens is 608 g/mol. The molecule has 1 saturated carbocycles. The summed E-state index contributed by atoms with van der Waals surface area (Å²) in [4.78, 5) is 65.7. The van der Waals surface area contributed by atoms with Crippen molar-refractivity contribution in [1.29, 1.82) is 0 Å². The van der Waals surface area contributed by atoms with E-state index < -0.39 is 75.6 Å². The molecular formula is C34H38N4O9. The standard InChI is InChI=1S/C34H38N4O9/c1-14(2)23-21-11-17-10-20-22(38(4)5)12-18(13-36-33(46)37-19-8-6-16(7-9-19)15(3)39)27(40)25(20)29(42)24(17)30(43)34(21,47)31(44)26(28(23)41)32(35)45/h6-9,12,14,17,21,23,40,42,44,47H,10-11,13H2,1-5H3,(H2,35,45)(H2,36,37,46)/t17-,21-,23-,34-/m0/s1. The van der Waals surface area contributed by atoms with Crippen molar-refractivity contribution in [3.8, 4) is 5.75 Å². The number of nitrogens with zero attached hydrogens (tertiary/aromatic N) is 1. The van der Waals surface area contributed by atoms with Gasteiger partial charge in [0.2, 0.25) is 5.78 Å². The van der Waals surface area contributed by atoms with E-state index in [4.69, 9.17) is 5.73 Å². The number of benzene rings is 2. The van der Waals surface area contributed by atoms with Crippen LogP contribution in [0, 0.1) is 23.7 Å². The number of fused-ring (bicyclic) bond motifs is 3. The van der Waals surface area contributed by atoms with Gasteiger partial charge in [0.15, 0.2) is 17.2 Å². The van der Waals surface area contributed by atoms with E-state index in [2.05, 4.69) is 10.6 Å². The maximum atomic E-state index is 14.1. The number of hydrogen-bond donors (Lipinski definition) is 7. The van der Waals surface area contributed by atoms with Crippen LogP contribution in [0.1, 0.15) is 54.2 Å². The minimum absolute atomic E-state index is 0.0102. The van der Waals surface area contributed by atoms with Crippen LogP contribution in [0.2, 0.25) is 0 Å². The second kappa shape index (κ2) is 11.9. The predicted octanol–water partition coefficient (Wildman–Crippen LogP) is 2.90. The summed E-state index contributed by atoms with van der Waals surface area (Å²) in [5, 5.41) is 51.3. The van der Waals surface area contributed by atoms with Gasteiger partial charge in [-0.25, -0.2) is 4.79 Å². The van der Waals surface area contributed by atoms with Gasteiger partial charge in [0, 0.05) is 60.6 Å². The molecule has 1 fully saturated rings. The number of amides is 3. The molecule has 13 heteroatoms. The molecule has 0 aliphatic heterocycles. The summed E-state index contributed by atoms with van der Waals surface area (Å²) in [5.41, 5.74) is 3.76. The van der Waals surface area contributed by atoms with Gasteiger partial charge in [-0.15, -0.1) is 0 Å². The molecule has 13 nitrogen and oxygen atoms in total. The lowest BCUT2D eigenvalue weighted by molar-refractivity contribution is -0.155. The van der Waals surface area contributed by atoms with Crippen LogP contribution in [0.5, 0.6) is 5.75 Å². The fourth-order valence-electron chi connectivity index (χ4n) is 7.26. The lowest BCUT2D eigenvalue weighted by Gasteiger charge is -2.50. The molecule has 3 amide bonds. The first-order valence-corrected chi connectivity index (χ1v) is 15.2. The first-order chi connectivity index (χ1) is 22.0. The van der Waals surface area contributed by atoms with E-state index in [9.17, 15) is 44.4 Å². The monoisotopic (exact) mass is 646 g/mol. The van der Waals surface area contributed by atoms with Crippen molar-refractivity contribution in [1.82, 2.24) is 5.32 Å². The number of primary amides is 1. The van der Waals surface area contributed by atoms with Crippen molar-refractivity contribution in [2.75, 3.05) is 24.3 Å². The van der Waals surface area contributed by atoms with Crippen LogP contribution in [-0.4, -0.2) is 69.4 Å². The number of aliphatic hydroxyl groups is 3. The van der Waals surface area contributed by atoms with E-state index in [0.717, 1.165) is 0 Å². The molecule has 8 N–H and O–H groups in total. The number of carbonyl (C=O) groups excluding carboxylic acids is 5. The Morgan fingerprint density at radius 2 is 1.72 bits per heavy atom. The Kier molecular flexibility index (Phi) is 8.39. The maximum absolute atomic E-state index is 14.1. The summed E-state index contributed by atoms with van der Waals surface area (Å²) in [7, 11) is 3.51. The third-order valence-corrected chi connectivity index (χ3v) is 9.50. The number of ketones is 3. The number of hydrogen-bond acceptors (Lipinski definition) is 10. The molecule has 3 aliphatic rings. The predicted molar refractivity (Wildman–Crippen MR) is 172 cm³/mol.